The van der Waals surface area contributed by atoms with Crippen molar-refractivity contribution in [3.63, 3.8) is 0 Å². The van der Waals surface area contributed by atoms with Gasteiger partial charge in [-0.2, -0.15) is 0 Å². The number of hydrogen-bond acceptors (Lipinski definition) is 7. The lowest BCUT2D eigenvalue weighted by Crippen LogP contribution is -2.40. The van der Waals surface area contributed by atoms with E-state index in [0.717, 1.165) is 87.2 Å². The number of nitrogens with zero attached hydrogens (tertiary/aromatic N) is 5. The van der Waals surface area contributed by atoms with E-state index in [2.05, 4.69) is 49.1 Å². The molecule has 9 nitrogen and oxygen atoms in total. The number of rotatable bonds is 7. The zero-order chi connectivity index (χ0) is 23.4. The number of carbonyl (C=O) groups excluding carboxylic acids is 1. The van der Waals surface area contributed by atoms with Gasteiger partial charge < -0.3 is 24.3 Å². The van der Waals surface area contributed by atoms with Gasteiger partial charge in [0.15, 0.2) is 5.82 Å². The summed E-state index contributed by atoms with van der Waals surface area (Å²) in [5.74, 6) is 3.65. The van der Waals surface area contributed by atoms with Crippen molar-refractivity contribution in [2.75, 3.05) is 47.4 Å². The first-order valence-corrected chi connectivity index (χ1v) is 11.8. The van der Waals surface area contributed by atoms with E-state index >= 15 is 0 Å². The van der Waals surface area contributed by atoms with Crippen LogP contribution >= 0.6 is 0 Å². The van der Waals surface area contributed by atoms with Gasteiger partial charge in [0.25, 0.3) is 0 Å². The van der Waals surface area contributed by atoms with Gasteiger partial charge in [-0.3, -0.25) is 9.69 Å². The number of nitrogens with one attached hydrogen (secondary N) is 1. The Bertz CT molecular complexity index is 931. The Kier molecular flexibility index (Phi) is 7.49. The molecule has 1 aromatic heterocycles. The van der Waals surface area contributed by atoms with Crippen LogP contribution in [0, 0.1) is 5.92 Å². The number of piperidine rings is 1. The monoisotopic (exact) mass is 456 g/mol. The number of benzene rings is 1. The van der Waals surface area contributed by atoms with E-state index in [1.165, 1.54) is 0 Å². The molecular formula is C24H36N6O3. The molecule has 1 saturated heterocycles. The molecule has 1 fully saturated rings. The SMILES string of the molecule is COc1cc(CN2CCc3nnc(C(C)NC(=O)C4CCN(C)CC4)n3CC2)cc(OC)c1. The molecule has 0 spiro atoms. The summed E-state index contributed by atoms with van der Waals surface area (Å²) >= 11 is 0. The number of amides is 1. The van der Waals surface area contributed by atoms with Gasteiger partial charge in [-0.15, -0.1) is 10.2 Å². The molecule has 1 amide bonds. The second kappa shape index (κ2) is 10.5. The minimum atomic E-state index is -0.160. The molecule has 1 N–H and O–H groups in total. The van der Waals surface area contributed by atoms with Gasteiger partial charge in [-0.05, 0) is 57.6 Å². The normalized spacial score (nSPS) is 18.9. The first kappa shape index (κ1) is 23.5. The van der Waals surface area contributed by atoms with E-state index < -0.39 is 0 Å². The van der Waals surface area contributed by atoms with Crippen LogP contribution in [0.5, 0.6) is 11.5 Å². The highest BCUT2D eigenvalue weighted by Crippen LogP contribution is 2.24. The zero-order valence-corrected chi connectivity index (χ0v) is 20.2. The summed E-state index contributed by atoms with van der Waals surface area (Å²) in [6, 6.07) is 5.84. The fourth-order valence-corrected chi connectivity index (χ4v) is 4.75. The lowest BCUT2D eigenvalue weighted by molar-refractivity contribution is -0.127. The lowest BCUT2D eigenvalue weighted by Gasteiger charge is -2.29. The highest BCUT2D eigenvalue weighted by molar-refractivity contribution is 5.79. The van der Waals surface area contributed by atoms with E-state index in [0.29, 0.717) is 0 Å². The number of likely N-dealkylation sites (tertiary alicyclic amines) is 1. The Morgan fingerprint density at radius 3 is 2.42 bits per heavy atom. The van der Waals surface area contributed by atoms with Crippen LogP contribution in [0.15, 0.2) is 18.2 Å². The number of fused-ring (bicyclic) bond motifs is 1. The minimum Gasteiger partial charge on any atom is -0.497 e. The number of methoxy groups -OCH3 is 2. The van der Waals surface area contributed by atoms with Crippen molar-refractivity contribution in [2.24, 2.45) is 5.92 Å². The summed E-state index contributed by atoms with van der Waals surface area (Å²) in [5.41, 5.74) is 1.16. The van der Waals surface area contributed by atoms with Gasteiger partial charge >= 0.3 is 0 Å². The third kappa shape index (κ3) is 5.65. The Balaban J connectivity index is 1.38. The summed E-state index contributed by atoms with van der Waals surface area (Å²) in [5, 5.41) is 12.1. The van der Waals surface area contributed by atoms with Gasteiger partial charge in [-0.25, -0.2) is 0 Å². The predicted molar refractivity (Wildman–Crippen MR) is 125 cm³/mol. The van der Waals surface area contributed by atoms with Crippen molar-refractivity contribution in [1.29, 1.82) is 0 Å². The second-order valence-corrected chi connectivity index (χ2v) is 9.18. The smallest absolute Gasteiger partial charge is 0.223 e. The van der Waals surface area contributed by atoms with Crippen LogP contribution in [0.2, 0.25) is 0 Å². The number of carbonyl (C=O) groups is 1. The largest absolute Gasteiger partial charge is 0.497 e. The number of ether oxygens (including phenoxy) is 2. The molecule has 4 rings (SSSR count). The molecule has 9 heteroatoms. The molecule has 2 aromatic rings. The van der Waals surface area contributed by atoms with Crippen molar-refractivity contribution in [3.8, 4) is 11.5 Å². The molecule has 2 aliphatic heterocycles. The molecule has 0 aliphatic carbocycles. The Hall–Kier alpha value is -2.65. The molecule has 2 aliphatic rings. The fraction of sp³-hybridized carbons (Fsp3) is 0.625. The quantitative estimate of drug-likeness (QED) is 0.681. The topological polar surface area (TPSA) is 84.7 Å². The fourth-order valence-electron chi connectivity index (χ4n) is 4.75. The maximum absolute atomic E-state index is 12.8. The second-order valence-electron chi connectivity index (χ2n) is 9.18. The van der Waals surface area contributed by atoms with Crippen molar-refractivity contribution in [3.05, 3.63) is 35.4 Å². The van der Waals surface area contributed by atoms with Crippen LogP contribution in [0.1, 0.15) is 43.0 Å². The van der Waals surface area contributed by atoms with Crippen molar-refractivity contribution in [1.82, 2.24) is 29.9 Å². The molecule has 3 heterocycles. The van der Waals surface area contributed by atoms with Gasteiger partial charge in [-0.1, -0.05) is 0 Å². The maximum Gasteiger partial charge on any atom is 0.223 e. The van der Waals surface area contributed by atoms with Crippen LogP contribution in [-0.2, 0) is 24.3 Å². The molecule has 0 saturated carbocycles. The predicted octanol–water partition coefficient (Wildman–Crippen LogP) is 1.87. The summed E-state index contributed by atoms with van der Waals surface area (Å²) in [6.45, 7) is 7.34. The highest BCUT2D eigenvalue weighted by atomic mass is 16.5. The van der Waals surface area contributed by atoms with Crippen molar-refractivity contribution < 1.29 is 14.3 Å². The molecule has 1 aromatic carbocycles. The third-order valence-electron chi connectivity index (χ3n) is 6.80. The van der Waals surface area contributed by atoms with Crippen LogP contribution in [0.25, 0.3) is 0 Å². The molecule has 0 radical (unpaired) electrons. The molecule has 33 heavy (non-hydrogen) atoms. The van der Waals surface area contributed by atoms with E-state index in [4.69, 9.17) is 9.47 Å². The molecule has 1 unspecified atom stereocenters. The van der Waals surface area contributed by atoms with E-state index in [1.54, 1.807) is 14.2 Å². The number of aromatic nitrogens is 3. The van der Waals surface area contributed by atoms with Crippen LogP contribution in [0.4, 0.5) is 0 Å². The van der Waals surface area contributed by atoms with Gasteiger partial charge in [0.1, 0.15) is 17.3 Å². The van der Waals surface area contributed by atoms with Gasteiger partial charge in [0.05, 0.1) is 20.3 Å². The molecule has 1 atom stereocenters. The Morgan fingerprint density at radius 1 is 1.06 bits per heavy atom. The van der Waals surface area contributed by atoms with Crippen LogP contribution in [0.3, 0.4) is 0 Å². The number of hydrogen-bond donors (Lipinski definition) is 1. The summed E-state index contributed by atoms with van der Waals surface area (Å²) in [7, 11) is 5.45. The van der Waals surface area contributed by atoms with Crippen molar-refractivity contribution in [2.45, 2.75) is 45.3 Å². The van der Waals surface area contributed by atoms with E-state index in [9.17, 15) is 4.79 Å². The van der Waals surface area contributed by atoms with Crippen molar-refractivity contribution >= 4 is 5.91 Å². The minimum absolute atomic E-state index is 0.0884. The molecule has 180 valence electrons. The van der Waals surface area contributed by atoms with Gasteiger partial charge in [0, 0.05) is 44.6 Å². The average Bonchev–Trinajstić information content (AvgIpc) is 3.13. The average molecular weight is 457 g/mol. The highest BCUT2D eigenvalue weighted by Gasteiger charge is 2.27. The first-order chi connectivity index (χ1) is 16.0. The van der Waals surface area contributed by atoms with Crippen LogP contribution < -0.4 is 14.8 Å². The molecule has 0 bridgehead atoms. The summed E-state index contributed by atoms with van der Waals surface area (Å²) in [6.07, 6.45) is 2.65. The van der Waals surface area contributed by atoms with E-state index in [-0.39, 0.29) is 17.9 Å². The van der Waals surface area contributed by atoms with Gasteiger partial charge in [0.2, 0.25) is 5.91 Å². The summed E-state index contributed by atoms with van der Waals surface area (Å²) in [4.78, 5) is 17.5. The van der Waals surface area contributed by atoms with Crippen LogP contribution in [-0.4, -0.2) is 77.9 Å². The molecular weight excluding hydrogens is 420 g/mol. The Morgan fingerprint density at radius 2 is 1.76 bits per heavy atom. The zero-order valence-electron chi connectivity index (χ0n) is 20.2. The first-order valence-electron chi connectivity index (χ1n) is 11.8. The summed E-state index contributed by atoms with van der Waals surface area (Å²) < 4.78 is 13.0. The third-order valence-corrected chi connectivity index (χ3v) is 6.80. The van der Waals surface area contributed by atoms with E-state index in [1.807, 2.05) is 13.0 Å². The standard InChI is InChI=1S/C24H36N6O3/c1-17(25-24(31)19-5-8-28(2)9-6-19)23-27-26-22-7-10-29(11-12-30(22)23)16-18-13-20(32-3)15-21(14-18)33-4/h13-15,17,19H,5-12,16H2,1-4H3,(H,25,31). The Labute approximate surface area is 196 Å². The maximum atomic E-state index is 12.8. The lowest BCUT2D eigenvalue weighted by atomic mass is 9.96.